The lowest BCUT2D eigenvalue weighted by molar-refractivity contribution is -0.137. The first-order valence-corrected chi connectivity index (χ1v) is 9.25. The molecule has 2 N–H and O–H groups in total. The Hall–Kier alpha value is -2.58. The number of anilines is 1. The number of rotatable bonds is 3. The van der Waals surface area contributed by atoms with Crippen LogP contribution in [0.2, 0.25) is 0 Å². The topological polar surface area (TPSA) is 77.0 Å². The van der Waals surface area contributed by atoms with E-state index in [0.29, 0.717) is 23.1 Å². The number of nitrogens with zero attached hydrogens (tertiary/aromatic N) is 4. The van der Waals surface area contributed by atoms with Gasteiger partial charge in [0, 0.05) is 61.8 Å². The summed E-state index contributed by atoms with van der Waals surface area (Å²) in [5, 5.41) is 0. The van der Waals surface area contributed by atoms with Crippen LogP contribution in [0, 0.1) is 11.8 Å². The Morgan fingerprint density at radius 1 is 1.29 bits per heavy atom. The first-order valence-electron chi connectivity index (χ1n) is 9.25. The molecular weight excluding hydrogens is 371 g/mol. The summed E-state index contributed by atoms with van der Waals surface area (Å²) in [5.41, 5.74) is 5.20. The molecule has 2 aliphatic rings. The number of alkyl halides is 3. The van der Waals surface area contributed by atoms with Gasteiger partial charge < -0.3 is 15.2 Å². The van der Waals surface area contributed by atoms with Crippen LogP contribution in [0.4, 0.5) is 19.0 Å². The number of hydrogen-bond acceptors (Lipinski definition) is 4. The molecule has 9 heteroatoms. The molecule has 3 atom stereocenters. The van der Waals surface area contributed by atoms with Crippen LogP contribution in [0.3, 0.4) is 0 Å². The summed E-state index contributed by atoms with van der Waals surface area (Å²) in [7, 11) is 0. The lowest BCUT2D eigenvalue weighted by Crippen LogP contribution is -2.29. The Labute approximate surface area is 160 Å². The normalized spacial score (nSPS) is 24.0. The molecule has 0 bridgehead atoms. The van der Waals surface area contributed by atoms with Gasteiger partial charge in [0.1, 0.15) is 11.6 Å². The number of fused-ring (bicyclic) bond motifs is 1. The molecule has 0 spiro atoms. The Bertz CT molecular complexity index is 924. The van der Waals surface area contributed by atoms with Crippen LogP contribution >= 0.6 is 0 Å². The van der Waals surface area contributed by atoms with Gasteiger partial charge in [0.15, 0.2) is 0 Å². The molecule has 0 unspecified atom stereocenters. The van der Waals surface area contributed by atoms with Crippen molar-refractivity contribution in [3.8, 4) is 11.3 Å². The lowest BCUT2D eigenvalue weighted by Gasteiger charge is -2.19. The third-order valence-electron chi connectivity index (χ3n) is 5.71. The highest BCUT2D eigenvalue weighted by molar-refractivity contribution is 5.74. The van der Waals surface area contributed by atoms with E-state index in [-0.39, 0.29) is 17.9 Å². The second-order valence-corrected chi connectivity index (χ2v) is 7.94. The molecule has 1 saturated heterocycles. The van der Waals surface area contributed by atoms with E-state index in [1.807, 2.05) is 24.9 Å². The van der Waals surface area contributed by atoms with E-state index in [4.69, 9.17) is 5.73 Å². The van der Waals surface area contributed by atoms with Crippen molar-refractivity contribution in [3.63, 3.8) is 0 Å². The fraction of sp³-hybridized carbons (Fsp3) is 0.526. The Morgan fingerprint density at radius 3 is 2.46 bits per heavy atom. The van der Waals surface area contributed by atoms with Gasteiger partial charge in [-0.15, -0.1) is 0 Å². The molecular formula is C19H22F3N5O. The number of amides is 1. The number of carbonyl (C=O) groups excluding carboxylic acids is 1. The average molecular weight is 393 g/mol. The number of halogens is 3. The predicted molar refractivity (Wildman–Crippen MR) is 97.2 cm³/mol. The van der Waals surface area contributed by atoms with Crippen molar-refractivity contribution in [2.75, 3.05) is 18.8 Å². The Kier molecular flexibility index (Phi) is 4.17. The summed E-state index contributed by atoms with van der Waals surface area (Å²) in [6.07, 6.45) is -1.43. The highest BCUT2D eigenvalue weighted by Crippen LogP contribution is 2.56. The summed E-state index contributed by atoms with van der Waals surface area (Å²) in [5.74, 6) is 1.23. The van der Waals surface area contributed by atoms with Gasteiger partial charge in [0.25, 0.3) is 0 Å². The van der Waals surface area contributed by atoms with Crippen LogP contribution < -0.4 is 5.73 Å². The van der Waals surface area contributed by atoms with Crippen LogP contribution in [-0.4, -0.2) is 38.4 Å². The number of carbonyl (C=O) groups is 1. The highest BCUT2D eigenvalue weighted by atomic mass is 19.4. The number of likely N-dealkylation sites (tertiary alicyclic amines) is 1. The number of nitrogen functional groups attached to an aromatic ring is 1. The molecule has 1 aliphatic carbocycles. The fourth-order valence-electron chi connectivity index (χ4n) is 4.22. The summed E-state index contributed by atoms with van der Waals surface area (Å²) >= 11 is 0. The zero-order valence-electron chi connectivity index (χ0n) is 15.9. The molecule has 2 fully saturated rings. The Balaban J connectivity index is 1.67. The summed E-state index contributed by atoms with van der Waals surface area (Å²) in [6, 6.07) is 1.24. The molecule has 150 valence electrons. The number of hydrogen-bond donors (Lipinski definition) is 1. The van der Waals surface area contributed by atoms with Crippen molar-refractivity contribution in [2.24, 2.45) is 11.8 Å². The van der Waals surface area contributed by atoms with Crippen LogP contribution in [0.5, 0.6) is 0 Å². The van der Waals surface area contributed by atoms with E-state index < -0.39 is 17.6 Å². The van der Waals surface area contributed by atoms with E-state index in [0.717, 1.165) is 25.0 Å². The van der Waals surface area contributed by atoms with Gasteiger partial charge in [-0.3, -0.25) is 4.79 Å². The molecule has 3 heterocycles. The van der Waals surface area contributed by atoms with Crippen molar-refractivity contribution < 1.29 is 18.0 Å². The minimum absolute atomic E-state index is 0.0778. The number of nitrogens with two attached hydrogens (primary N) is 1. The fourth-order valence-corrected chi connectivity index (χ4v) is 4.22. The molecule has 0 aromatic carbocycles. The lowest BCUT2D eigenvalue weighted by atomic mass is 10.1. The van der Waals surface area contributed by atoms with E-state index in [9.17, 15) is 18.0 Å². The second kappa shape index (κ2) is 6.22. The number of pyridine rings is 1. The van der Waals surface area contributed by atoms with Gasteiger partial charge in [0.2, 0.25) is 5.91 Å². The monoisotopic (exact) mass is 393 g/mol. The van der Waals surface area contributed by atoms with Gasteiger partial charge in [0.05, 0.1) is 11.3 Å². The van der Waals surface area contributed by atoms with Crippen LogP contribution in [0.1, 0.15) is 44.1 Å². The zero-order chi connectivity index (χ0) is 20.4. The molecule has 1 aliphatic heterocycles. The van der Waals surface area contributed by atoms with Gasteiger partial charge in [-0.05, 0) is 6.07 Å². The number of aromatic nitrogens is 3. The molecule has 4 rings (SSSR count). The highest BCUT2D eigenvalue weighted by Gasteiger charge is 2.58. The van der Waals surface area contributed by atoms with Gasteiger partial charge in [-0.2, -0.15) is 13.2 Å². The molecule has 6 nitrogen and oxygen atoms in total. The SMILES string of the molecule is CC(=O)N1C[C@@H]2[C@H](C1)[C@H]2n1cc(-c2cnc(N)c(C(F)(F)F)c2)nc1C(C)C. The zero-order valence-corrected chi connectivity index (χ0v) is 15.9. The Morgan fingerprint density at radius 2 is 1.93 bits per heavy atom. The molecule has 2 aromatic rings. The summed E-state index contributed by atoms with van der Waals surface area (Å²) in [4.78, 5) is 21.7. The maximum atomic E-state index is 13.2. The van der Waals surface area contributed by atoms with Gasteiger partial charge in [-0.1, -0.05) is 13.8 Å². The largest absolute Gasteiger partial charge is 0.419 e. The minimum Gasteiger partial charge on any atom is -0.383 e. The van der Waals surface area contributed by atoms with E-state index in [1.54, 1.807) is 6.92 Å². The third kappa shape index (κ3) is 3.02. The van der Waals surface area contributed by atoms with E-state index >= 15 is 0 Å². The second-order valence-electron chi connectivity index (χ2n) is 7.94. The third-order valence-corrected chi connectivity index (χ3v) is 5.71. The predicted octanol–water partition coefficient (Wildman–Crippen LogP) is 3.32. The van der Waals surface area contributed by atoms with Crippen LogP contribution in [0.15, 0.2) is 18.5 Å². The summed E-state index contributed by atoms with van der Waals surface area (Å²) < 4.78 is 41.6. The van der Waals surface area contributed by atoms with E-state index in [2.05, 4.69) is 14.5 Å². The first-order chi connectivity index (χ1) is 13.1. The minimum atomic E-state index is -4.57. The van der Waals surface area contributed by atoms with Crippen LogP contribution in [0.25, 0.3) is 11.3 Å². The van der Waals surface area contributed by atoms with E-state index in [1.165, 1.54) is 6.20 Å². The number of imidazole rings is 1. The van der Waals surface area contributed by atoms with Crippen molar-refractivity contribution >= 4 is 11.7 Å². The van der Waals surface area contributed by atoms with Gasteiger partial charge >= 0.3 is 6.18 Å². The average Bonchev–Trinajstić information content (AvgIpc) is 2.99. The van der Waals surface area contributed by atoms with Crippen molar-refractivity contribution in [3.05, 3.63) is 29.8 Å². The van der Waals surface area contributed by atoms with Crippen molar-refractivity contribution in [1.29, 1.82) is 0 Å². The summed E-state index contributed by atoms with van der Waals surface area (Å²) in [6.45, 7) is 7.02. The molecule has 28 heavy (non-hydrogen) atoms. The molecule has 2 aromatic heterocycles. The molecule has 1 amide bonds. The maximum absolute atomic E-state index is 13.2. The van der Waals surface area contributed by atoms with Crippen LogP contribution in [-0.2, 0) is 11.0 Å². The maximum Gasteiger partial charge on any atom is 0.419 e. The van der Waals surface area contributed by atoms with Crippen molar-refractivity contribution in [2.45, 2.75) is 38.9 Å². The number of piperidine rings is 1. The quantitative estimate of drug-likeness (QED) is 0.868. The smallest absolute Gasteiger partial charge is 0.383 e. The first kappa shape index (κ1) is 18.8. The van der Waals surface area contributed by atoms with Gasteiger partial charge in [-0.25, -0.2) is 9.97 Å². The molecule has 0 radical (unpaired) electrons. The standard InChI is InChI=1S/C19H22F3N5O/c1-9(2)18-25-15(11-4-14(19(20,21)22)17(23)24-5-11)8-27(18)16-12-6-26(10(3)28)7-13(12)16/h4-5,8-9,12-13,16H,6-7H2,1-3H3,(H2,23,24)/t12-,13+,16+. The molecule has 1 saturated carbocycles. The van der Waals surface area contributed by atoms with Crippen molar-refractivity contribution in [1.82, 2.24) is 19.4 Å².